The number of carbonyl (C=O) groups excluding carboxylic acids is 1. The van der Waals surface area contributed by atoms with E-state index >= 15 is 0 Å². The molecule has 1 aromatic rings. The van der Waals surface area contributed by atoms with Crippen LogP contribution in [0.25, 0.3) is 0 Å². The van der Waals surface area contributed by atoms with Crippen molar-refractivity contribution in [3.8, 4) is 0 Å². The number of benzene rings is 1. The fraction of sp³-hybridized carbons (Fsp3) is 0.300. The van der Waals surface area contributed by atoms with Gasteiger partial charge in [0.05, 0.1) is 19.6 Å². The van der Waals surface area contributed by atoms with Gasteiger partial charge in [0, 0.05) is 11.6 Å². The third-order valence-electron chi connectivity index (χ3n) is 1.99. The number of methoxy groups -OCH3 is 1. The lowest BCUT2D eigenvalue weighted by Crippen LogP contribution is -2.10. The van der Waals surface area contributed by atoms with Gasteiger partial charge in [-0.05, 0) is 6.07 Å². The summed E-state index contributed by atoms with van der Waals surface area (Å²) in [5.41, 5.74) is -0.482. The van der Waals surface area contributed by atoms with Gasteiger partial charge >= 0.3 is 5.97 Å². The van der Waals surface area contributed by atoms with Crippen LogP contribution >= 0.6 is 0 Å². The van der Waals surface area contributed by atoms with Crippen LogP contribution in [0.1, 0.15) is 18.1 Å². The Morgan fingerprint density at radius 1 is 1.31 bits per heavy atom. The molecule has 0 saturated carbocycles. The molecule has 0 heterocycles. The van der Waals surface area contributed by atoms with Gasteiger partial charge in [0.25, 0.3) is 0 Å². The molecular weight excluding hydrogens is 225 g/mol. The minimum absolute atomic E-state index is 0.311. The SMILES string of the molecule is COC(=O)C[C@H](O)c1cc(F)c(F)cc1F. The molecule has 0 radical (unpaired) electrons. The van der Waals surface area contributed by atoms with Crippen LogP contribution in [0.4, 0.5) is 13.2 Å². The molecule has 16 heavy (non-hydrogen) atoms. The molecule has 0 aromatic heterocycles. The summed E-state index contributed by atoms with van der Waals surface area (Å²) in [6, 6.07) is 0.823. The smallest absolute Gasteiger partial charge is 0.308 e. The second-order valence-corrected chi connectivity index (χ2v) is 3.08. The number of halogens is 3. The normalized spacial score (nSPS) is 12.3. The maximum absolute atomic E-state index is 13.1. The summed E-state index contributed by atoms with van der Waals surface area (Å²) in [5.74, 6) is -4.54. The summed E-state index contributed by atoms with van der Waals surface area (Å²) < 4.78 is 42.7. The van der Waals surface area contributed by atoms with Gasteiger partial charge in [-0.1, -0.05) is 0 Å². The van der Waals surface area contributed by atoms with Gasteiger partial charge in [0.15, 0.2) is 11.6 Å². The van der Waals surface area contributed by atoms with Crippen molar-refractivity contribution in [3.05, 3.63) is 35.1 Å². The predicted molar refractivity (Wildman–Crippen MR) is 47.9 cm³/mol. The monoisotopic (exact) mass is 234 g/mol. The molecule has 1 rings (SSSR count). The molecule has 1 N–H and O–H groups in total. The number of hydrogen-bond donors (Lipinski definition) is 1. The Morgan fingerprint density at radius 3 is 2.44 bits per heavy atom. The van der Waals surface area contributed by atoms with Crippen LogP contribution in [0.15, 0.2) is 12.1 Å². The maximum atomic E-state index is 13.1. The highest BCUT2D eigenvalue weighted by Gasteiger charge is 2.19. The molecule has 0 fully saturated rings. The lowest BCUT2D eigenvalue weighted by molar-refractivity contribution is -0.142. The van der Waals surface area contributed by atoms with E-state index in [2.05, 4.69) is 4.74 Å². The topological polar surface area (TPSA) is 46.5 Å². The molecule has 0 aliphatic heterocycles. The second-order valence-electron chi connectivity index (χ2n) is 3.08. The zero-order chi connectivity index (χ0) is 12.3. The van der Waals surface area contributed by atoms with Crippen LogP contribution in [0, 0.1) is 17.5 Å². The average Bonchev–Trinajstić information content (AvgIpc) is 2.23. The van der Waals surface area contributed by atoms with E-state index in [0.717, 1.165) is 7.11 Å². The molecule has 3 nitrogen and oxygen atoms in total. The summed E-state index contributed by atoms with van der Waals surface area (Å²) in [7, 11) is 1.09. The summed E-state index contributed by atoms with van der Waals surface area (Å²) >= 11 is 0. The standard InChI is InChI=1S/C10H9F3O3/c1-16-10(15)4-9(14)5-2-7(12)8(13)3-6(5)11/h2-3,9,14H,4H2,1H3/t9-/m0/s1. The average molecular weight is 234 g/mol. The highest BCUT2D eigenvalue weighted by Crippen LogP contribution is 2.22. The molecule has 88 valence electrons. The Balaban J connectivity index is 2.95. The van der Waals surface area contributed by atoms with E-state index < -0.39 is 41.5 Å². The van der Waals surface area contributed by atoms with Gasteiger partial charge in [0.1, 0.15) is 5.82 Å². The fourth-order valence-electron chi connectivity index (χ4n) is 1.14. The van der Waals surface area contributed by atoms with Gasteiger partial charge in [-0.3, -0.25) is 4.79 Å². The maximum Gasteiger partial charge on any atom is 0.308 e. The van der Waals surface area contributed by atoms with Crippen molar-refractivity contribution in [2.75, 3.05) is 7.11 Å². The molecule has 0 amide bonds. The summed E-state index contributed by atoms with van der Waals surface area (Å²) in [4.78, 5) is 10.8. The van der Waals surface area contributed by atoms with Crippen molar-refractivity contribution in [2.24, 2.45) is 0 Å². The van der Waals surface area contributed by atoms with Gasteiger partial charge < -0.3 is 9.84 Å². The molecule has 0 spiro atoms. The van der Waals surface area contributed by atoms with E-state index in [1.165, 1.54) is 0 Å². The minimum Gasteiger partial charge on any atom is -0.469 e. The number of aliphatic hydroxyl groups is 1. The number of aliphatic hydroxyl groups excluding tert-OH is 1. The lowest BCUT2D eigenvalue weighted by atomic mass is 10.1. The van der Waals surface area contributed by atoms with E-state index in [9.17, 15) is 23.1 Å². The van der Waals surface area contributed by atoms with Crippen molar-refractivity contribution in [2.45, 2.75) is 12.5 Å². The zero-order valence-electron chi connectivity index (χ0n) is 8.34. The Morgan fingerprint density at radius 2 is 1.88 bits per heavy atom. The molecule has 0 aliphatic rings. The largest absolute Gasteiger partial charge is 0.469 e. The predicted octanol–water partition coefficient (Wildman–Crippen LogP) is 1.70. The Hall–Kier alpha value is -1.56. The Kier molecular flexibility index (Phi) is 3.89. The van der Waals surface area contributed by atoms with Crippen molar-refractivity contribution in [1.29, 1.82) is 0 Å². The molecule has 0 unspecified atom stereocenters. The van der Waals surface area contributed by atoms with Crippen molar-refractivity contribution < 1.29 is 27.8 Å². The first-order valence-corrected chi connectivity index (χ1v) is 4.35. The third kappa shape index (κ3) is 2.73. The highest BCUT2D eigenvalue weighted by molar-refractivity contribution is 5.70. The van der Waals surface area contributed by atoms with E-state index in [1.54, 1.807) is 0 Å². The van der Waals surface area contributed by atoms with E-state index in [-0.39, 0.29) is 0 Å². The summed E-state index contributed by atoms with van der Waals surface area (Å²) in [6.07, 6.45) is -2.10. The molecule has 0 saturated heterocycles. The van der Waals surface area contributed by atoms with Crippen LogP contribution in [-0.4, -0.2) is 18.2 Å². The number of esters is 1. The minimum atomic E-state index is -1.57. The first-order valence-electron chi connectivity index (χ1n) is 4.35. The Bertz CT molecular complexity index is 407. The summed E-state index contributed by atoms with van der Waals surface area (Å²) in [6.45, 7) is 0. The fourth-order valence-corrected chi connectivity index (χ4v) is 1.14. The Labute approximate surface area is 89.5 Å². The first kappa shape index (κ1) is 12.5. The zero-order valence-corrected chi connectivity index (χ0v) is 8.34. The lowest BCUT2D eigenvalue weighted by Gasteiger charge is -2.10. The van der Waals surface area contributed by atoms with Crippen molar-refractivity contribution >= 4 is 5.97 Å². The molecule has 6 heteroatoms. The number of carbonyl (C=O) groups is 1. The first-order chi connectivity index (χ1) is 7.45. The molecule has 0 bridgehead atoms. The van der Waals surface area contributed by atoms with Crippen LogP contribution in [0.2, 0.25) is 0 Å². The van der Waals surface area contributed by atoms with Crippen molar-refractivity contribution in [1.82, 2.24) is 0 Å². The van der Waals surface area contributed by atoms with Gasteiger partial charge in [0.2, 0.25) is 0 Å². The number of rotatable bonds is 3. The van der Waals surface area contributed by atoms with E-state index in [0.29, 0.717) is 12.1 Å². The van der Waals surface area contributed by atoms with E-state index in [4.69, 9.17) is 0 Å². The second kappa shape index (κ2) is 4.98. The van der Waals surface area contributed by atoms with Gasteiger partial charge in [-0.25, -0.2) is 13.2 Å². The van der Waals surface area contributed by atoms with Crippen LogP contribution in [-0.2, 0) is 9.53 Å². The van der Waals surface area contributed by atoms with Crippen LogP contribution in [0.5, 0.6) is 0 Å². The van der Waals surface area contributed by atoms with Crippen molar-refractivity contribution in [3.63, 3.8) is 0 Å². The quantitative estimate of drug-likeness (QED) is 0.639. The van der Waals surface area contributed by atoms with Crippen LogP contribution < -0.4 is 0 Å². The third-order valence-corrected chi connectivity index (χ3v) is 1.99. The van der Waals surface area contributed by atoms with Gasteiger partial charge in [-0.2, -0.15) is 0 Å². The summed E-state index contributed by atoms with van der Waals surface area (Å²) in [5, 5.41) is 9.39. The number of hydrogen-bond acceptors (Lipinski definition) is 3. The number of ether oxygens (including phenoxy) is 1. The van der Waals surface area contributed by atoms with Gasteiger partial charge in [-0.15, -0.1) is 0 Å². The van der Waals surface area contributed by atoms with E-state index in [1.807, 2.05) is 0 Å². The van der Waals surface area contributed by atoms with Crippen LogP contribution in [0.3, 0.4) is 0 Å². The molecule has 1 atom stereocenters. The highest BCUT2D eigenvalue weighted by atomic mass is 19.2. The molecular formula is C10H9F3O3. The molecule has 0 aliphatic carbocycles. The molecule has 1 aromatic carbocycles.